The Morgan fingerprint density at radius 2 is 2.12 bits per heavy atom. The minimum Gasteiger partial charge on any atom is -0.381 e. The molecule has 1 atom stereocenters. The Kier molecular flexibility index (Phi) is 4.74. The van der Waals surface area contributed by atoms with Crippen LogP contribution in [0.2, 0.25) is 0 Å². The fourth-order valence-corrected chi connectivity index (χ4v) is 3.70. The molecule has 3 heteroatoms. The summed E-state index contributed by atoms with van der Waals surface area (Å²) in [6.07, 6.45) is 2.39. The molecule has 0 aliphatic carbocycles. The zero-order valence-electron chi connectivity index (χ0n) is 9.49. The van der Waals surface area contributed by atoms with Crippen LogP contribution in [0.25, 0.3) is 0 Å². The van der Waals surface area contributed by atoms with Crippen molar-refractivity contribution in [3.63, 3.8) is 0 Å². The first-order chi connectivity index (χ1) is 7.75. The molecular weight excluding hydrogens is 284 g/mol. The number of hydrogen-bond acceptors (Lipinski definition) is 2. The Balaban J connectivity index is 1.94. The molecule has 1 aromatic rings. The number of benzene rings is 1. The fourth-order valence-electron chi connectivity index (χ4n) is 1.94. The van der Waals surface area contributed by atoms with Crippen LogP contribution < -0.4 is 0 Å². The summed E-state index contributed by atoms with van der Waals surface area (Å²) in [4.78, 5) is 0. The summed E-state index contributed by atoms with van der Waals surface area (Å²) in [5, 5.41) is 1.34. The van der Waals surface area contributed by atoms with Gasteiger partial charge in [-0.3, -0.25) is 0 Å². The second-order valence-electron chi connectivity index (χ2n) is 4.15. The smallest absolute Gasteiger partial charge is 0.0476 e. The first kappa shape index (κ1) is 12.5. The third kappa shape index (κ3) is 3.51. The lowest BCUT2D eigenvalue weighted by Gasteiger charge is -2.24. The average Bonchev–Trinajstić information content (AvgIpc) is 2.30. The molecule has 0 saturated carbocycles. The molecule has 0 radical (unpaired) electrons. The van der Waals surface area contributed by atoms with E-state index in [9.17, 15) is 0 Å². The quantitative estimate of drug-likeness (QED) is 0.817. The molecule has 88 valence electrons. The van der Waals surface area contributed by atoms with Crippen molar-refractivity contribution in [3.8, 4) is 0 Å². The van der Waals surface area contributed by atoms with Gasteiger partial charge in [0.2, 0.25) is 0 Å². The van der Waals surface area contributed by atoms with Crippen molar-refractivity contribution >= 4 is 27.7 Å². The number of thioether (sulfide) groups is 1. The minimum absolute atomic E-state index is 0.570. The van der Waals surface area contributed by atoms with Gasteiger partial charge in [-0.05, 0) is 37.5 Å². The van der Waals surface area contributed by atoms with Crippen molar-refractivity contribution in [2.75, 3.05) is 13.2 Å². The van der Waals surface area contributed by atoms with E-state index in [1.807, 2.05) is 0 Å². The predicted octanol–water partition coefficient (Wildman–Crippen LogP) is 4.42. The highest BCUT2D eigenvalue weighted by molar-refractivity contribution is 9.10. The van der Waals surface area contributed by atoms with Gasteiger partial charge < -0.3 is 4.74 Å². The average molecular weight is 301 g/mol. The van der Waals surface area contributed by atoms with Crippen LogP contribution >= 0.6 is 27.7 Å². The molecule has 0 bridgehead atoms. The third-order valence-electron chi connectivity index (χ3n) is 2.88. The maximum absolute atomic E-state index is 5.39. The summed E-state index contributed by atoms with van der Waals surface area (Å²) < 4.78 is 6.56. The molecule has 1 aliphatic rings. The van der Waals surface area contributed by atoms with Gasteiger partial charge in [0, 0.05) is 28.2 Å². The van der Waals surface area contributed by atoms with Crippen LogP contribution in [0.3, 0.4) is 0 Å². The Bertz CT molecular complexity index is 336. The highest BCUT2D eigenvalue weighted by atomic mass is 79.9. The zero-order valence-corrected chi connectivity index (χ0v) is 11.9. The van der Waals surface area contributed by atoms with Crippen molar-refractivity contribution in [1.82, 2.24) is 0 Å². The van der Waals surface area contributed by atoms with Gasteiger partial charge in [0.1, 0.15) is 0 Å². The fraction of sp³-hybridized carbons (Fsp3) is 0.538. The van der Waals surface area contributed by atoms with E-state index >= 15 is 0 Å². The summed E-state index contributed by atoms with van der Waals surface area (Å²) in [6, 6.07) is 8.62. The topological polar surface area (TPSA) is 9.23 Å². The molecule has 1 aromatic carbocycles. The van der Waals surface area contributed by atoms with E-state index in [0.29, 0.717) is 5.25 Å². The first-order valence-electron chi connectivity index (χ1n) is 5.74. The highest BCUT2D eigenvalue weighted by Crippen LogP contribution is 2.36. The van der Waals surface area contributed by atoms with E-state index in [1.54, 1.807) is 0 Å². The lowest BCUT2D eigenvalue weighted by Crippen LogP contribution is -2.18. The summed E-state index contributed by atoms with van der Waals surface area (Å²) in [7, 11) is 0. The standard InChI is InChI=1S/C13H17BrOS/c1-10(11-3-2-4-12(14)9-11)16-13-5-7-15-8-6-13/h2-4,9-10,13H,5-8H2,1H3/t10-/m1/s1. The van der Waals surface area contributed by atoms with Crippen molar-refractivity contribution in [2.24, 2.45) is 0 Å². The first-order valence-corrected chi connectivity index (χ1v) is 7.48. The second-order valence-corrected chi connectivity index (χ2v) is 6.71. The van der Waals surface area contributed by atoms with E-state index in [2.05, 4.69) is 58.9 Å². The molecule has 0 spiro atoms. The highest BCUT2D eigenvalue weighted by Gasteiger charge is 2.18. The molecule has 0 aromatic heterocycles. The monoisotopic (exact) mass is 300 g/mol. The van der Waals surface area contributed by atoms with Crippen molar-refractivity contribution < 1.29 is 4.74 Å². The van der Waals surface area contributed by atoms with E-state index in [0.717, 1.165) is 18.5 Å². The Morgan fingerprint density at radius 3 is 2.81 bits per heavy atom. The van der Waals surface area contributed by atoms with Crippen LogP contribution in [0.1, 0.15) is 30.6 Å². The van der Waals surface area contributed by atoms with Gasteiger partial charge in [-0.2, -0.15) is 11.8 Å². The molecule has 0 amide bonds. The van der Waals surface area contributed by atoms with Crippen LogP contribution in [-0.2, 0) is 4.74 Å². The summed E-state index contributed by atoms with van der Waals surface area (Å²) in [5.74, 6) is 0. The van der Waals surface area contributed by atoms with Gasteiger partial charge in [0.25, 0.3) is 0 Å². The zero-order chi connectivity index (χ0) is 11.4. The lowest BCUT2D eigenvalue weighted by molar-refractivity contribution is 0.0999. The van der Waals surface area contributed by atoms with Gasteiger partial charge in [-0.1, -0.05) is 28.1 Å². The van der Waals surface area contributed by atoms with Crippen LogP contribution in [-0.4, -0.2) is 18.5 Å². The van der Waals surface area contributed by atoms with Crippen molar-refractivity contribution in [1.29, 1.82) is 0 Å². The van der Waals surface area contributed by atoms with Crippen molar-refractivity contribution in [3.05, 3.63) is 34.3 Å². The molecule has 1 nitrogen and oxygen atoms in total. The Labute approximate surface area is 110 Å². The number of rotatable bonds is 3. The van der Waals surface area contributed by atoms with Gasteiger partial charge in [0.05, 0.1) is 0 Å². The Hall–Kier alpha value is 0.01000. The number of hydrogen-bond donors (Lipinski definition) is 0. The molecule has 1 heterocycles. The van der Waals surface area contributed by atoms with Crippen LogP contribution in [0.15, 0.2) is 28.7 Å². The molecule has 0 N–H and O–H groups in total. The number of ether oxygens (including phenoxy) is 1. The second kappa shape index (κ2) is 6.08. The number of halogens is 1. The maximum atomic E-state index is 5.39. The van der Waals surface area contributed by atoms with Crippen LogP contribution in [0, 0.1) is 0 Å². The molecule has 16 heavy (non-hydrogen) atoms. The van der Waals surface area contributed by atoms with Gasteiger partial charge >= 0.3 is 0 Å². The van der Waals surface area contributed by atoms with Gasteiger partial charge in [0.15, 0.2) is 0 Å². The minimum atomic E-state index is 0.570. The van der Waals surface area contributed by atoms with E-state index in [4.69, 9.17) is 4.74 Å². The van der Waals surface area contributed by atoms with E-state index in [1.165, 1.54) is 22.9 Å². The molecule has 0 unspecified atom stereocenters. The molecule has 2 rings (SSSR count). The molecule has 1 saturated heterocycles. The predicted molar refractivity (Wildman–Crippen MR) is 74.0 cm³/mol. The third-order valence-corrected chi connectivity index (χ3v) is 4.91. The maximum Gasteiger partial charge on any atom is 0.0476 e. The van der Waals surface area contributed by atoms with Gasteiger partial charge in [-0.15, -0.1) is 0 Å². The summed E-state index contributed by atoms with van der Waals surface area (Å²) >= 11 is 5.61. The van der Waals surface area contributed by atoms with Gasteiger partial charge in [-0.25, -0.2) is 0 Å². The SMILES string of the molecule is C[C@@H](SC1CCOCC1)c1cccc(Br)c1. The summed E-state index contributed by atoms with van der Waals surface area (Å²) in [6.45, 7) is 4.16. The van der Waals surface area contributed by atoms with Crippen molar-refractivity contribution in [2.45, 2.75) is 30.3 Å². The molecule has 1 aliphatic heterocycles. The lowest BCUT2D eigenvalue weighted by atomic mass is 10.2. The Morgan fingerprint density at radius 1 is 1.38 bits per heavy atom. The molecular formula is C13H17BrOS. The van der Waals surface area contributed by atoms with Crippen LogP contribution in [0.5, 0.6) is 0 Å². The van der Waals surface area contributed by atoms with E-state index in [-0.39, 0.29) is 0 Å². The van der Waals surface area contributed by atoms with Crippen LogP contribution in [0.4, 0.5) is 0 Å². The normalized spacial score (nSPS) is 19.6. The summed E-state index contributed by atoms with van der Waals surface area (Å²) in [5.41, 5.74) is 1.41. The molecule has 1 fully saturated rings. The largest absolute Gasteiger partial charge is 0.381 e. The van der Waals surface area contributed by atoms with E-state index < -0.39 is 0 Å².